The van der Waals surface area contributed by atoms with Crippen molar-refractivity contribution in [2.75, 3.05) is 7.11 Å². The third-order valence-corrected chi connectivity index (χ3v) is 4.92. The van der Waals surface area contributed by atoms with Gasteiger partial charge in [-0.2, -0.15) is 8.42 Å². The van der Waals surface area contributed by atoms with E-state index in [1.165, 1.54) is 35.7 Å². The molecule has 0 aliphatic carbocycles. The summed E-state index contributed by atoms with van der Waals surface area (Å²) in [7, 11) is -3.17. The minimum atomic E-state index is -4.31. The number of amides is 1. The second-order valence-corrected chi connectivity index (χ2v) is 6.43. The highest BCUT2D eigenvalue weighted by atomic mass is 32.2. The molecule has 0 unspecified atom stereocenters. The largest absolute Gasteiger partial charge is 0.465 e. The molecule has 1 heterocycles. The fourth-order valence-corrected chi connectivity index (χ4v) is 3.90. The highest BCUT2D eigenvalue weighted by Gasteiger charge is 2.27. The van der Waals surface area contributed by atoms with Crippen LogP contribution in [0.4, 0.5) is 0 Å². The van der Waals surface area contributed by atoms with Gasteiger partial charge in [-0.25, -0.2) is 4.79 Å². The Morgan fingerprint density at radius 1 is 1.18 bits per heavy atom. The maximum atomic E-state index is 12.3. The van der Waals surface area contributed by atoms with Crippen molar-refractivity contribution in [1.29, 1.82) is 0 Å². The number of nitrogens with two attached hydrogens (primary N) is 1. The molecule has 9 heteroatoms. The molecular weight excluding hydrogens is 330 g/mol. The molecule has 2 rings (SSSR count). The highest BCUT2D eigenvalue weighted by Crippen LogP contribution is 2.27. The van der Waals surface area contributed by atoms with Gasteiger partial charge < -0.3 is 14.7 Å². The van der Waals surface area contributed by atoms with Crippen molar-refractivity contribution < 1.29 is 26.9 Å². The number of methoxy groups -OCH3 is 1. The van der Waals surface area contributed by atoms with Gasteiger partial charge in [-0.1, -0.05) is 12.1 Å². The van der Waals surface area contributed by atoms with E-state index in [0.717, 1.165) is 18.4 Å². The first-order valence-corrected chi connectivity index (χ1v) is 8.14. The third-order valence-electron chi connectivity index (χ3n) is 2.62. The smallest absolute Gasteiger partial charge is 0.349 e. The van der Waals surface area contributed by atoms with Crippen LogP contribution in [0.5, 0.6) is 5.75 Å². The number of thiophene rings is 1. The van der Waals surface area contributed by atoms with Gasteiger partial charge in [0.15, 0.2) is 5.75 Å². The van der Waals surface area contributed by atoms with E-state index in [2.05, 4.69) is 4.74 Å². The van der Waals surface area contributed by atoms with E-state index in [1.54, 1.807) is 0 Å². The van der Waals surface area contributed by atoms with Gasteiger partial charge in [0.1, 0.15) is 9.77 Å². The summed E-state index contributed by atoms with van der Waals surface area (Å²) < 4.78 is 34.1. The van der Waals surface area contributed by atoms with E-state index in [-0.39, 0.29) is 21.1 Å². The van der Waals surface area contributed by atoms with Crippen molar-refractivity contribution in [3.63, 3.8) is 0 Å². The fraction of sp³-hybridized carbons (Fsp3) is 0.0769. The molecule has 2 aromatic rings. The molecule has 22 heavy (non-hydrogen) atoms. The average Bonchev–Trinajstić information content (AvgIpc) is 2.96. The highest BCUT2D eigenvalue weighted by molar-refractivity contribution is 7.87. The zero-order valence-corrected chi connectivity index (χ0v) is 12.9. The molecule has 1 amide bonds. The molecule has 1 aromatic carbocycles. The molecule has 0 aliphatic rings. The van der Waals surface area contributed by atoms with Crippen molar-refractivity contribution >= 4 is 33.3 Å². The van der Waals surface area contributed by atoms with Crippen molar-refractivity contribution in [1.82, 2.24) is 0 Å². The van der Waals surface area contributed by atoms with E-state index >= 15 is 0 Å². The monoisotopic (exact) mass is 341 g/mol. The van der Waals surface area contributed by atoms with Gasteiger partial charge in [0.2, 0.25) is 0 Å². The minimum absolute atomic E-state index is 0.0825. The second kappa shape index (κ2) is 6.16. The normalized spacial score (nSPS) is 11.0. The number of benzene rings is 1. The zero-order valence-electron chi connectivity index (χ0n) is 11.3. The molecule has 0 saturated heterocycles. The van der Waals surface area contributed by atoms with Crippen LogP contribution in [0.2, 0.25) is 0 Å². The Labute approximate surface area is 130 Å². The average molecular weight is 341 g/mol. The van der Waals surface area contributed by atoms with E-state index in [9.17, 15) is 18.0 Å². The van der Waals surface area contributed by atoms with Gasteiger partial charge in [0.25, 0.3) is 5.91 Å². The Morgan fingerprint density at radius 3 is 2.50 bits per heavy atom. The molecule has 1 aromatic heterocycles. The molecule has 116 valence electrons. The van der Waals surface area contributed by atoms with Crippen LogP contribution >= 0.6 is 11.3 Å². The summed E-state index contributed by atoms with van der Waals surface area (Å²) in [5.41, 5.74) is 5.08. The van der Waals surface area contributed by atoms with Crippen LogP contribution < -0.4 is 9.92 Å². The van der Waals surface area contributed by atoms with Gasteiger partial charge in [-0.15, -0.1) is 11.3 Å². The van der Waals surface area contributed by atoms with E-state index < -0.39 is 22.0 Å². The van der Waals surface area contributed by atoms with Crippen molar-refractivity contribution in [3.05, 3.63) is 46.2 Å². The van der Waals surface area contributed by atoms with Crippen LogP contribution in [0.25, 0.3) is 0 Å². The van der Waals surface area contributed by atoms with Gasteiger partial charge >= 0.3 is 16.1 Å². The maximum absolute atomic E-state index is 12.3. The summed E-state index contributed by atoms with van der Waals surface area (Å²) in [5, 5.41) is 1.42. The van der Waals surface area contributed by atoms with E-state index in [4.69, 9.17) is 9.92 Å². The molecule has 0 bridgehead atoms. The lowest BCUT2D eigenvalue weighted by atomic mass is 10.2. The molecule has 0 radical (unpaired) electrons. The first kappa shape index (κ1) is 16.0. The molecule has 0 spiro atoms. The maximum Gasteiger partial charge on any atom is 0.349 e. The predicted octanol–water partition coefficient (Wildman–Crippen LogP) is 1.40. The second-order valence-electron chi connectivity index (χ2n) is 4.00. The summed E-state index contributed by atoms with van der Waals surface area (Å²) in [6.07, 6.45) is 0. The molecule has 7 nitrogen and oxygen atoms in total. The number of esters is 1. The number of primary amides is 1. The number of hydrogen-bond donors (Lipinski definition) is 1. The lowest BCUT2D eigenvalue weighted by Gasteiger charge is -2.09. The van der Waals surface area contributed by atoms with Gasteiger partial charge in [-0.3, -0.25) is 4.79 Å². The molecule has 0 fully saturated rings. The van der Waals surface area contributed by atoms with Crippen LogP contribution in [0.15, 0.2) is 40.6 Å². The summed E-state index contributed by atoms with van der Waals surface area (Å²) in [4.78, 5) is 22.4. The Bertz CT molecular complexity index is 825. The number of rotatable bonds is 5. The molecule has 0 aliphatic heterocycles. The van der Waals surface area contributed by atoms with Crippen LogP contribution in [-0.4, -0.2) is 27.4 Å². The van der Waals surface area contributed by atoms with Crippen molar-refractivity contribution in [2.45, 2.75) is 4.90 Å². The molecule has 2 N–H and O–H groups in total. The first-order chi connectivity index (χ1) is 10.4. The number of carbonyl (C=O) groups is 2. The Morgan fingerprint density at radius 2 is 1.86 bits per heavy atom. The topological polar surface area (TPSA) is 113 Å². The minimum Gasteiger partial charge on any atom is -0.465 e. The van der Waals surface area contributed by atoms with Crippen LogP contribution in [0, 0.1) is 0 Å². The Hall–Kier alpha value is -2.39. The Balaban J connectivity index is 2.44. The predicted molar refractivity (Wildman–Crippen MR) is 78.4 cm³/mol. The lowest BCUT2D eigenvalue weighted by molar-refractivity contribution is 0.0602. The van der Waals surface area contributed by atoms with Gasteiger partial charge in [0, 0.05) is 0 Å². The lowest BCUT2D eigenvalue weighted by Crippen LogP contribution is -2.17. The van der Waals surface area contributed by atoms with Crippen molar-refractivity contribution in [2.24, 2.45) is 5.73 Å². The van der Waals surface area contributed by atoms with E-state index in [0.29, 0.717) is 0 Å². The zero-order chi connectivity index (χ0) is 16.3. The number of carbonyl (C=O) groups excluding carboxylic acids is 2. The van der Waals surface area contributed by atoms with Crippen LogP contribution in [0.1, 0.15) is 20.0 Å². The molecule has 0 atom stereocenters. The number of hydrogen-bond acceptors (Lipinski definition) is 7. The van der Waals surface area contributed by atoms with Crippen molar-refractivity contribution in [3.8, 4) is 5.75 Å². The molecule has 0 saturated carbocycles. The fourth-order valence-electron chi connectivity index (χ4n) is 1.64. The summed E-state index contributed by atoms with van der Waals surface area (Å²) in [6, 6.07) is 6.86. The third kappa shape index (κ3) is 3.10. The Kier molecular flexibility index (Phi) is 4.48. The number of ether oxygens (including phenoxy) is 1. The SMILES string of the molecule is COC(=O)c1sccc1S(=O)(=O)Oc1ccccc1C(N)=O. The first-order valence-electron chi connectivity index (χ1n) is 5.86. The van der Waals surface area contributed by atoms with E-state index in [1.807, 2.05) is 0 Å². The van der Waals surface area contributed by atoms with Gasteiger partial charge in [0.05, 0.1) is 12.7 Å². The number of para-hydroxylation sites is 1. The van der Waals surface area contributed by atoms with Crippen LogP contribution in [-0.2, 0) is 14.9 Å². The van der Waals surface area contributed by atoms with Crippen LogP contribution in [0.3, 0.4) is 0 Å². The summed E-state index contributed by atoms with van der Waals surface area (Å²) in [6.45, 7) is 0. The van der Waals surface area contributed by atoms with Gasteiger partial charge in [-0.05, 0) is 23.6 Å². The quantitative estimate of drug-likeness (QED) is 0.650. The summed E-state index contributed by atoms with van der Waals surface area (Å²) in [5.74, 6) is -1.83. The standard InChI is InChI=1S/C13H11NO6S2/c1-19-13(16)11-10(6-7-21-11)22(17,18)20-9-5-3-2-4-8(9)12(14)15/h2-7H,1H3,(H2,14,15). The summed E-state index contributed by atoms with van der Waals surface area (Å²) >= 11 is 0.905. The molecular formula is C13H11NO6S2.